The Hall–Kier alpha value is -2.97. The fourth-order valence-electron chi connectivity index (χ4n) is 2.59. The van der Waals surface area contributed by atoms with Crippen LogP contribution in [0.4, 0.5) is 0 Å². The van der Waals surface area contributed by atoms with Crippen LogP contribution in [0.15, 0.2) is 4.99 Å². The number of carboxylic acid groups (broad SMARTS) is 1. The molecule has 0 aromatic carbocycles. The van der Waals surface area contributed by atoms with Gasteiger partial charge in [-0.1, -0.05) is 13.8 Å². The lowest BCUT2D eigenvalue weighted by atomic mass is 10.0. The Kier molecular flexibility index (Phi) is 13.5. The molecular weight excluding hydrogens is 426 g/mol. The first-order valence-corrected chi connectivity index (χ1v) is 10.1. The quantitative estimate of drug-likeness (QED) is 0.0647. The predicted octanol–water partition coefficient (Wildman–Crippen LogP) is -4.06. The summed E-state index contributed by atoms with van der Waals surface area (Å²) in [5.74, 6) is -3.91. The van der Waals surface area contributed by atoms with Crippen molar-refractivity contribution in [3.8, 4) is 0 Å². The summed E-state index contributed by atoms with van der Waals surface area (Å²) in [6, 6.07) is -5.11. The Labute approximate surface area is 186 Å². The van der Waals surface area contributed by atoms with Crippen LogP contribution in [-0.2, 0) is 19.2 Å². The number of rotatable bonds is 15. The van der Waals surface area contributed by atoms with E-state index in [4.69, 9.17) is 27.4 Å². The normalized spacial score (nSPS) is 14.6. The second-order valence-electron chi connectivity index (χ2n) is 7.57. The summed E-state index contributed by atoms with van der Waals surface area (Å²) in [7, 11) is 0. The van der Waals surface area contributed by atoms with E-state index in [9.17, 15) is 24.3 Å². The number of amides is 3. The smallest absolute Gasteiger partial charge is 0.328 e. The summed E-state index contributed by atoms with van der Waals surface area (Å²) in [4.78, 5) is 52.0. The number of aliphatic hydroxyl groups is 2. The maximum atomic E-state index is 12.6. The summed E-state index contributed by atoms with van der Waals surface area (Å²) < 4.78 is 0. The maximum Gasteiger partial charge on any atom is 0.328 e. The molecule has 0 aromatic heterocycles. The number of carboxylic acids is 1. The Morgan fingerprint density at radius 3 is 1.84 bits per heavy atom. The molecule has 32 heavy (non-hydrogen) atoms. The highest BCUT2D eigenvalue weighted by atomic mass is 16.4. The summed E-state index contributed by atoms with van der Waals surface area (Å²) in [6.45, 7) is 2.24. The van der Waals surface area contributed by atoms with Gasteiger partial charge in [0.15, 0.2) is 5.96 Å². The third kappa shape index (κ3) is 11.4. The van der Waals surface area contributed by atoms with Crippen molar-refractivity contribution in [1.82, 2.24) is 16.0 Å². The van der Waals surface area contributed by atoms with Gasteiger partial charge >= 0.3 is 5.97 Å². The second-order valence-corrected chi connectivity index (χ2v) is 7.57. The molecule has 0 aliphatic heterocycles. The van der Waals surface area contributed by atoms with Crippen molar-refractivity contribution in [3.63, 3.8) is 0 Å². The average Bonchev–Trinajstić information content (AvgIpc) is 2.70. The van der Waals surface area contributed by atoms with Gasteiger partial charge in [-0.05, 0) is 25.2 Å². The molecule has 14 nitrogen and oxygen atoms in total. The van der Waals surface area contributed by atoms with E-state index in [2.05, 4.69) is 20.9 Å². The largest absolute Gasteiger partial charge is 0.480 e. The highest BCUT2D eigenvalue weighted by Gasteiger charge is 2.29. The van der Waals surface area contributed by atoms with E-state index in [1.54, 1.807) is 0 Å². The van der Waals surface area contributed by atoms with E-state index in [0.29, 0.717) is 6.42 Å². The molecule has 0 aromatic rings. The van der Waals surface area contributed by atoms with E-state index in [1.165, 1.54) is 0 Å². The number of aliphatic hydroxyl groups excluding tert-OH is 2. The van der Waals surface area contributed by atoms with E-state index >= 15 is 0 Å². The molecule has 3 amide bonds. The first-order chi connectivity index (χ1) is 14.9. The fourth-order valence-corrected chi connectivity index (χ4v) is 2.59. The number of guanidine groups is 1. The number of aliphatic carboxylic acids is 1. The standard InChI is InChI=1S/C18H35N7O7/c1-9(2)6-10(19)14(28)24-12(7-26)16(30)23-11(4-3-5-22-18(20)21)15(29)25-13(8-27)17(31)32/h9-13,26-27H,3-8,19H2,1-2H3,(H,23,30)(H,24,28)(H,25,29)(H,31,32)(H4,20,21,22). The lowest BCUT2D eigenvalue weighted by Gasteiger charge is -2.24. The summed E-state index contributed by atoms with van der Waals surface area (Å²) in [6.07, 6.45) is 0.604. The Morgan fingerprint density at radius 2 is 1.38 bits per heavy atom. The number of carbonyl (C=O) groups is 4. The van der Waals surface area contributed by atoms with Gasteiger partial charge in [0.2, 0.25) is 17.7 Å². The Morgan fingerprint density at radius 1 is 0.875 bits per heavy atom. The van der Waals surface area contributed by atoms with Crippen LogP contribution in [0.25, 0.3) is 0 Å². The second kappa shape index (κ2) is 14.9. The Balaban J connectivity index is 5.27. The van der Waals surface area contributed by atoms with E-state index < -0.39 is 61.1 Å². The number of nitrogens with one attached hydrogen (secondary N) is 3. The zero-order valence-corrected chi connectivity index (χ0v) is 18.3. The van der Waals surface area contributed by atoms with Crippen molar-refractivity contribution in [2.45, 2.75) is 57.3 Å². The highest BCUT2D eigenvalue weighted by Crippen LogP contribution is 2.04. The van der Waals surface area contributed by atoms with Crippen molar-refractivity contribution in [2.24, 2.45) is 28.1 Å². The van der Waals surface area contributed by atoms with Crippen LogP contribution in [-0.4, -0.2) is 88.9 Å². The van der Waals surface area contributed by atoms with Crippen molar-refractivity contribution < 1.29 is 34.5 Å². The number of hydrogen-bond acceptors (Lipinski definition) is 8. The maximum absolute atomic E-state index is 12.6. The van der Waals surface area contributed by atoms with Crippen LogP contribution in [0.5, 0.6) is 0 Å². The van der Waals surface area contributed by atoms with Gasteiger partial charge in [0.25, 0.3) is 0 Å². The predicted molar refractivity (Wildman–Crippen MR) is 115 cm³/mol. The van der Waals surface area contributed by atoms with E-state index in [-0.39, 0.29) is 31.3 Å². The number of hydrogen-bond donors (Lipinski definition) is 9. The van der Waals surface area contributed by atoms with Crippen LogP contribution in [0.2, 0.25) is 0 Å². The molecule has 4 atom stereocenters. The zero-order valence-electron chi connectivity index (χ0n) is 18.3. The van der Waals surface area contributed by atoms with Gasteiger partial charge in [-0.3, -0.25) is 19.4 Å². The highest BCUT2D eigenvalue weighted by molar-refractivity contribution is 5.94. The molecule has 12 N–H and O–H groups in total. The first kappa shape index (κ1) is 29.0. The van der Waals surface area contributed by atoms with Gasteiger partial charge in [0.05, 0.1) is 19.3 Å². The molecule has 0 saturated carbocycles. The van der Waals surface area contributed by atoms with Gasteiger partial charge in [0, 0.05) is 6.54 Å². The molecule has 184 valence electrons. The molecule has 4 unspecified atom stereocenters. The summed E-state index contributed by atoms with van der Waals surface area (Å²) in [5, 5.41) is 34.4. The van der Waals surface area contributed by atoms with E-state index in [1.807, 2.05) is 13.8 Å². The van der Waals surface area contributed by atoms with Crippen LogP contribution >= 0.6 is 0 Å². The van der Waals surface area contributed by atoms with Crippen molar-refractivity contribution >= 4 is 29.7 Å². The van der Waals surface area contributed by atoms with Crippen LogP contribution in [0.1, 0.15) is 33.1 Å². The molecule has 0 aliphatic rings. The minimum absolute atomic E-state index is 0.00504. The SMILES string of the molecule is CC(C)CC(N)C(=O)NC(CO)C(=O)NC(CCCN=C(N)N)C(=O)NC(CO)C(=O)O. The third-order valence-electron chi connectivity index (χ3n) is 4.25. The topological polar surface area (TPSA) is 255 Å². The molecule has 0 fully saturated rings. The molecule has 0 radical (unpaired) electrons. The average molecular weight is 462 g/mol. The number of aliphatic imine (C=N–C) groups is 1. The molecule has 14 heteroatoms. The lowest BCUT2D eigenvalue weighted by Crippen LogP contribution is -2.58. The van der Waals surface area contributed by atoms with Gasteiger partial charge in [-0.2, -0.15) is 0 Å². The van der Waals surface area contributed by atoms with Crippen molar-refractivity contribution in [1.29, 1.82) is 0 Å². The molecule has 0 aliphatic carbocycles. The molecule has 0 rings (SSSR count). The van der Waals surface area contributed by atoms with Crippen molar-refractivity contribution in [2.75, 3.05) is 19.8 Å². The first-order valence-electron chi connectivity index (χ1n) is 10.1. The molecular formula is C18H35N7O7. The molecule has 0 saturated heterocycles. The van der Waals surface area contributed by atoms with Crippen LogP contribution in [0, 0.1) is 5.92 Å². The molecule has 0 spiro atoms. The summed E-state index contributed by atoms with van der Waals surface area (Å²) >= 11 is 0. The van der Waals surface area contributed by atoms with Gasteiger partial charge in [-0.25, -0.2) is 4.79 Å². The van der Waals surface area contributed by atoms with Crippen molar-refractivity contribution in [3.05, 3.63) is 0 Å². The monoisotopic (exact) mass is 461 g/mol. The number of nitrogens with zero attached hydrogens (tertiary/aromatic N) is 1. The van der Waals surface area contributed by atoms with Gasteiger partial charge in [0.1, 0.15) is 18.1 Å². The lowest BCUT2D eigenvalue weighted by molar-refractivity contribution is -0.143. The van der Waals surface area contributed by atoms with E-state index in [0.717, 1.165) is 0 Å². The fraction of sp³-hybridized carbons (Fsp3) is 0.722. The van der Waals surface area contributed by atoms with Crippen LogP contribution < -0.4 is 33.2 Å². The number of carbonyl (C=O) groups excluding carboxylic acids is 3. The Bertz CT molecular complexity index is 668. The minimum Gasteiger partial charge on any atom is -0.480 e. The number of nitrogens with two attached hydrogens (primary N) is 3. The zero-order chi connectivity index (χ0) is 24.8. The molecule has 0 bridgehead atoms. The van der Waals surface area contributed by atoms with Gasteiger partial charge in [-0.15, -0.1) is 0 Å². The third-order valence-corrected chi connectivity index (χ3v) is 4.25. The van der Waals surface area contributed by atoms with Crippen LogP contribution in [0.3, 0.4) is 0 Å². The molecule has 0 heterocycles. The van der Waals surface area contributed by atoms with Gasteiger partial charge < -0.3 is 48.5 Å². The minimum atomic E-state index is -1.58. The summed E-state index contributed by atoms with van der Waals surface area (Å²) in [5.41, 5.74) is 16.2.